The minimum absolute atomic E-state index is 0.0145. The van der Waals surface area contributed by atoms with Crippen molar-refractivity contribution in [1.82, 2.24) is 0 Å². The van der Waals surface area contributed by atoms with Crippen LogP contribution in [0.3, 0.4) is 0 Å². The molecule has 0 heterocycles. The van der Waals surface area contributed by atoms with Crippen LogP contribution in [0.25, 0.3) is 0 Å². The van der Waals surface area contributed by atoms with Crippen molar-refractivity contribution in [2.24, 2.45) is 0 Å². The minimum atomic E-state index is -3.68. The summed E-state index contributed by atoms with van der Waals surface area (Å²) in [4.78, 5) is 0. The average Bonchev–Trinajstić information content (AvgIpc) is 2.61. The van der Waals surface area contributed by atoms with Crippen LogP contribution in [0, 0.1) is 5.82 Å². The SMILES string of the molecule is CCC(O)CN(c1ccccc1)S(=O)(=O)CCOc1ccc(F)cc1. The average molecular weight is 367 g/mol. The Hall–Kier alpha value is -2.12. The number of nitrogens with zero attached hydrogens (tertiary/aromatic N) is 1. The lowest BCUT2D eigenvalue weighted by atomic mass is 10.2. The summed E-state index contributed by atoms with van der Waals surface area (Å²) in [6, 6.07) is 14.0. The smallest absolute Gasteiger partial charge is 0.238 e. The fourth-order valence-electron chi connectivity index (χ4n) is 2.20. The van der Waals surface area contributed by atoms with Gasteiger partial charge in [0.2, 0.25) is 10.0 Å². The lowest BCUT2D eigenvalue weighted by Gasteiger charge is -2.26. The Morgan fingerprint density at radius 3 is 2.36 bits per heavy atom. The highest BCUT2D eigenvalue weighted by Crippen LogP contribution is 2.19. The molecular weight excluding hydrogens is 345 g/mol. The van der Waals surface area contributed by atoms with Crippen LogP contribution in [0.15, 0.2) is 54.6 Å². The van der Waals surface area contributed by atoms with Crippen molar-refractivity contribution in [1.29, 1.82) is 0 Å². The van der Waals surface area contributed by atoms with Crippen molar-refractivity contribution in [3.8, 4) is 5.75 Å². The molecule has 136 valence electrons. The van der Waals surface area contributed by atoms with E-state index in [1.807, 2.05) is 0 Å². The first-order valence-corrected chi connectivity index (χ1v) is 9.65. The van der Waals surface area contributed by atoms with E-state index in [0.29, 0.717) is 17.9 Å². The van der Waals surface area contributed by atoms with Crippen LogP contribution in [0.2, 0.25) is 0 Å². The Labute approximate surface area is 147 Å². The lowest BCUT2D eigenvalue weighted by Crippen LogP contribution is -2.40. The van der Waals surface area contributed by atoms with Crippen LogP contribution in [0.5, 0.6) is 5.75 Å². The van der Waals surface area contributed by atoms with E-state index >= 15 is 0 Å². The number of para-hydroxylation sites is 1. The summed E-state index contributed by atoms with van der Waals surface area (Å²) in [5.74, 6) is -0.240. The van der Waals surface area contributed by atoms with Gasteiger partial charge in [-0.1, -0.05) is 25.1 Å². The summed E-state index contributed by atoms with van der Waals surface area (Å²) in [7, 11) is -3.68. The van der Waals surface area contributed by atoms with Crippen LogP contribution < -0.4 is 9.04 Å². The second kappa shape index (κ2) is 8.82. The third kappa shape index (κ3) is 5.72. The van der Waals surface area contributed by atoms with E-state index in [9.17, 15) is 17.9 Å². The van der Waals surface area contributed by atoms with E-state index in [1.54, 1.807) is 37.3 Å². The molecule has 0 saturated carbocycles. The van der Waals surface area contributed by atoms with Crippen LogP contribution in [0.4, 0.5) is 10.1 Å². The van der Waals surface area contributed by atoms with E-state index in [0.717, 1.165) is 0 Å². The van der Waals surface area contributed by atoms with Crippen molar-refractivity contribution >= 4 is 15.7 Å². The standard InChI is InChI=1S/C18H22FNO4S/c1-2-17(21)14-20(16-6-4-3-5-7-16)25(22,23)13-12-24-18-10-8-15(19)9-11-18/h3-11,17,21H,2,12-14H2,1H3. The first-order chi connectivity index (χ1) is 11.9. The molecule has 1 atom stereocenters. The molecular formula is C18H22FNO4S. The number of aliphatic hydroxyl groups is 1. The van der Waals surface area contributed by atoms with Crippen LogP contribution >= 0.6 is 0 Å². The molecule has 1 unspecified atom stereocenters. The molecule has 2 aromatic rings. The topological polar surface area (TPSA) is 66.8 Å². The second-order valence-electron chi connectivity index (χ2n) is 5.55. The zero-order valence-electron chi connectivity index (χ0n) is 14.0. The molecule has 25 heavy (non-hydrogen) atoms. The molecule has 0 aliphatic rings. The van der Waals surface area contributed by atoms with E-state index in [1.165, 1.54) is 28.6 Å². The minimum Gasteiger partial charge on any atom is -0.492 e. The Balaban J connectivity index is 2.07. The molecule has 0 aromatic heterocycles. The molecule has 0 fully saturated rings. The summed E-state index contributed by atoms with van der Waals surface area (Å²) in [6.45, 7) is 1.71. The Morgan fingerprint density at radius 2 is 1.76 bits per heavy atom. The second-order valence-corrected chi connectivity index (χ2v) is 7.56. The normalized spacial score (nSPS) is 12.6. The first kappa shape index (κ1) is 19.2. The molecule has 0 radical (unpaired) electrons. The Kier molecular flexibility index (Phi) is 6.78. The molecule has 7 heteroatoms. The van der Waals surface area contributed by atoms with Gasteiger partial charge in [0.25, 0.3) is 0 Å². The quantitative estimate of drug-likeness (QED) is 0.740. The summed E-state index contributed by atoms with van der Waals surface area (Å²) < 4.78 is 44.9. The highest BCUT2D eigenvalue weighted by Gasteiger charge is 2.24. The van der Waals surface area contributed by atoms with E-state index < -0.39 is 16.1 Å². The maximum Gasteiger partial charge on any atom is 0.238 e. The molecule has 2 rings (SSSR count). The number of benzene rings is 2. The zero-order valence-corrected chi connectivity index (χ0v) is 14.8. The van der Waals surface area contributed by atoms with Gasteiger partial charge in [-0.3, -0.25) is 4.31 Å². The van der Waals surface area contributed by atoms with Gasteiger partial charge < -0.3 is 9.84 Å². The van der Waals surface area contributed by atoms with Gasteiger partial charge in [0, 0.05) is 0 Å². The Morgan fingerprint density at radius 1 is 1.12 bits per heavy atom. The predicted octanol–water partition coefficient (Wildman–Crippen LogP) is 2.81. The number of halogens is 1. The molecule has 0 aliphatic heterocycles. The number of rotatable bonds is 9. The monoisotopic (exact) mass is 367 g/mol. The Bertz CT molecular complexity index is 750. The summed E-state index contributed by atoms with van der Waals surface area (Å²) >= 11 is 0. The predicted molar refractivity (Wildman–Crippen MR) is 95.8 cm³/mol. The number of sulfonamides is 1. The highest BCUT2D eigenvalue weighted by atomic mass is 32.2. The molecule has 0 bridgehead atoms. The van der Waals surface area contributed by atoms with Gasteiger partial charge in [0.15, 0.2) is 0 Å². The van der Waals surface area contributed by atoms with Crippen molar-refractivity contribution < 1.29 is 22.7 Å². The van der Waals surface area contributed by atoms with Crippen molar-refractivity contribution in [2.45, 2.75) is 19.4 Å². The van der Waals surface area contributed by atoms with Crippen LogP contribution in [0.1, 0.15) is 13.3 Å². The number of hydrogen-bond donors (Lipinski definition) is 1. The number of aliphatic hydroxyl groups excluding tert-OH is 1. The van der Waals surface area contributed by atoms with Crippen LogP contribution in [-0.4, -0.2) is 38.5 Å². The summed E-state index contributed by atoms with van der Waals surface area (Å²) in [5, 5.41) is 9.91. The fourth-order valence-corrected chi connectivity index (χ4v) is 3.56. The molecule has 0 amide bonds. The third-order valence-corrected chi connectivity index (χ3v) is 5.37. The van der Waals surface area contributed by atoms with Crippen molar-refractivity contribution in [3.63, 3.8) is 0 Å². The van der Waals surface area contributed by atoms with Gasteiger partial charge >= 0.3 is 0 Å². The zero-order chi connectivity index (χ0) is 18.3. The molecule has 0 aliphatic carbocycles. The van der Waals surface area contributed by atoms with E-state index in [4.69, 9.17) is 4.74 Å². The number of anilines is 1. The first-order valence-electron chi connectivity index (χ1n) is 8.04. The van der Waals surface area contributed by atoms with E-state index in [-0.39, 0.29) is 24.7 Å². The highest BCUT2D eigenvalue weighted by molar-refractivity contribution is 7.92. The molecule has 5 nitrogen and oxygen atoms in total. The lowest BCUT2D eigenvalue weighted by molar-refractivity contribution is 0.179. The maximum atomic E-state index is 12.9. The third-order valence-electron chi connectivity index (χ3n) is 3.65. The summed E-state index contributed by atoms with van der Waals surface area (Å²) in [6.07, 6.45) is -0.307. The molecule has 0 spiro atoms. The fraction of sp³-hybridized carbons (Fsp3) is 0.333. The number of ether oxygens (including phenoxy) is 1. The molecule has 1 N–H and O–H groups in total. The van der Waals surface area contributed by atoms with E-state index in [2.05, 4.69) is 0 Å². The van der Waals surface area contributed by atoms with Gasteiger partial charge in [-0.05, 0) is 42.8 Å². The molecule has 2 aromatic carbocycles. The van der Waals surface area contributed by atoms with Gasteiger partial charge in [0.1, 0.15) is 23.9 Å². The van der Waals surface area contributed by atoms with Gasteiger partial charge in [-0.15, -0.1) is 0 Å². The number of hydrogen-bond acceptors (Lipinski definition) is 4. The largest absolute Gasteiger partial charge is 0.492 e. The van der Waals surface area contributed by atoms with Gasteiger partial charge in [-0.25, -0.2) is 12.8 Å². The van der Waals surface area contributed by atoms with Gasteiger partial charge in [-0.2, -0.15) is 0 Å². The maximum absolute atomic E-state index is 12.9. The summed E-state index contributed by atoms with van der Waals surface area (Å²) in [5.41, 5.74) is 0.497. The van der Waals surface area contributed by atoms with Crippen molar-refractivity contribution in [3.05, 3.63) is 60.4 Å². The van der Waals surface area contributed by atoms with Crippen molar-refractivity contribution in [2.75, 3.05) is 23.2 Å². The van der Waals surface area contributed by atoms with Gasteiger partial charge in [0.05, 0.1) is 18.3 Å². The van der Waals surface area contributed by atoms with Crippen LogP contribution in [-0.2, 0) is 10.0 Å². The molecule has 0 saturated heterocycles.